The average molecular weight is 1120 g/mol. The summed E-state index contributed by atoms with van der Waals surface area (Å²) in [4.78, 5) is 38.5. The van der Waals surface area contributed by atoms with E-state index in [2.05, 4.69) is 57.2 Å². The molecule has 6 nitrogen and oxygen atoms in total. The van der Waals surface area contributed by atoms with Crippen LogP contribution in [0.25, 0.3) is 0 Å². The van der Waals surface area contributed by atoms with Crippen LogP contribution < -0.4 is 0 Å². The second-order valence-electron chi connectivity index (χ2n) is 24.5. The van der Waals surface area contributed by atoms with Gasteiger partial charge in [-0.2, -0.15) is 0 Å². The van der Waals surface area contributed by atoms with Gasteiger partial charge < -0.3 is 14.2 Å². The molecule has 1 atom stereocenters. The molecular weight excluding hydrogens is 985 g/mol. The molecule has 0 aliphatic heterocycles. The average Bonchev–Trinajstić information content (AvgIpc) is 3.46. The summed E-state index contributed by atoms with van der Waals surface area (Å²) in [5.41, 5.74) is 0. The van der Waals surface area contributed by atoms with Crippen LogP contribution in [0.1, 0.15) is 400 Å². The fraction of sp³-hybridized carbons (Fsp3) is 0.878. The Morgan fingerprint density at radius 1 is 0.250 bits per heavy atom. The summed E-state index contributed by atoms with van der Waals surface area (Å²) in [6.45, 7) is 6.70. The molecule has 0 aromatic rings. The first kappa shape index (κ1) is 77.6. The Kier molecular flexibility index (Phi) is 67.1. The van der Waals surface area contributed by atoms with Gasteiger partial charge in [0.05, 0.1) is 0 Å². The fourth-order valence-corrected chi connectivity index (χ4v) is 10.9. The Balaban J connectivity index is 4.25. The van der Waals surface area contributed by atoms with Gasteiger partial charge in [-0.25, -0.2) is 0 Å². The number of esters is 3. The smallest absolute Gasteiger partial charge is 0.306 e. The molecule has 0 aliphatic carbocycles. The zero-order valence-corrected chi connectivity index (χ0v) is 54.1. The molecule has 0 saturated carbocycles. The highest BCUT2D eigenvalue weighted by Crippen LogP contribution is 2.18. The van der Waals surface area contributed by atoms with Crippen molar-refractivity contribution in [1.82, 2.24) is 0 Å². The molecule has 0 N–H and O–H groups in total. The number of carbonyl (C=O) groups is 3. The Bertz CT molecular complexity index is 1340. The molecule has 0 aromatic carbocycles. The van der Waals surface area contributed by atoms with Crippen LogP contribution in [0.4, 0.5) is 0 Å². The van der Waals surface area contributed by atoms with Crippen molar-refractivity contribution in [2.75, 3.05) is 13.2 Å². The molecule has 0 bridgehead atoms. The lowest BCUT2D eigenvalue weighted by Gasteiger charge is -2.18. The summed E-state index contributed by atoms with van der Waals surface area (Å²) in [5.74, 6) is -0.847. The van der Waals surface area contributed by atoms with Gasteiger partial charge in [-0.1, -0.05) is 340 Å². The van der Waals surface area contributed by atoms with Gasteiger partial charge in [-0.3, -0.25) is 14.4 Å². The maximum atomic E-state index is 13.0. The predicted octanol–water partition coefficient (Wildman–Crippen LogP) is 24.7. The second-order valence-corrected chi connectivity index (χ2v) is 24.5. The van der Waals surface area contributed by atoms with Crippen LogP contribution in [0.5, 0.6) is 0 Å². The Labute approximate surface area is 499 Å². The lowest BCUT2D eigenvalue weighted by molar-refractivity contribution is -0.167. The number of unbranched alkanes of at least 4 members (excludes halogenated alkanes) is 50. The zero-order chi connectivity index (χ0) is 57.8. The monoisotopic (exact) mass is 1120 g/mol. The maximum Gasteiger partial charge on any atom is 0.306 e. The summed E-state index contributed by atoms with van der Waals surface area (Å²) < 4.78 is 17.0. The van der Waals surface area contributed by atoms with Crippen molar-refractivity contribution in [3.63, 3.8) is 0 Å². The van der Waals surface area contributed by atoms with Crippen LogP contribution in [-0.4, -0.2) is 37.2 Å². The van der Waals surface area contributed by atoms with E-state index in [4.69, 9.17) is 14.2 Å². The van der Waals surface area contributed by atoms with Gasteiger partial charge in [0.2, 0.25) is 0 Å². The summed E-state index contributed by atoms with van der Waals surface area (Å²) in [6, 6.07) is 0. The minimum Gasteiger partial charge on any atom is -0.462 e. The third-order valence-electron chi connectivity index (χ3n) is 16.4. The highest BCUT2D eigenvalue weighted by molar-refractivity contribution is 5.71. The molecule has 470 valence electrons. The van der Waals surface area contributed by atoms with Gasteiger partial charge in [0, 0.05) is 19.3 Å². The Hall–Kier alpha value is -2.37. The molecule has 0 aromatic heterocycles. The predicted molar refractivity (Wildman–Crippen MR) is 349 cm³/mol. The lowest BCUT2D eigenvalue weighted by Crippen LogP contribution is -2.30. The standard InChI is InChI=1S/C74H138O6/c1-4-7-10-13-16-19-22-25-28-31-33-34-35-36-37-38-39-40-42-43-46-49-52-55-58-61-64-67-73(76)79-70-71(69-78-72(75)66-63-60-57-54-51-48-45-30-27-24-21-18-15-12-9-6-3)80-74(77)68-65-62-59-56-53-50-47-44-41-32-29-26-23-20-17-14-11-8-5-2/h22,25,30-31,33,45,71H,4-21,23-24,26-29,32,34-44,46-70H2,1-3H3/b25-22-,33-31-,45-30-. The van der Waals surface area contributed by atoms with Crippen molar-refractivity contribution in [3.8, 4) is 0 Å². The second kappa shape index (κ2) is 69.1. The first-order valence-electron chi connectivity index (χ1n) is 36.0. The lowest BCUT2D eigenvalue weighted by atomic mass is 10.0. The zero-order valence-electron chi connectivity index (χ0n) is 54.1. The van der Waals surface area contributed by atoms with E-state index in [9.17, 15) is 14.4 Å². The van der Waals surface area contributed by atoms with Gasteiger partial charge in [0.25, 0.3) is 0 Å². The van der Waals surface area contributed by atoms with E-state index >= 15 is 0 Å². The first-order chi connectivity index (χ1) is 39.5. The van der Waals surface area contributed by atoms with Crippen LogP contribution in [-0.2, 0) is 28.6 Å². The normalized spacial score (nSPS) is 12.2. The van der Waals surface area contributed by atoms with E-state index in [0.29, 0.717) is 19.3 Å². The third kappa shape index (κ3) is 66.4. The number of hydrogen-bond acceptors (Lipinski definition) is 6. The maximum absolute atomic E-state index is 13.0. The number of hydrogen-bond donors (Lipinski definition) is 0. The first-order valence-corrected chi connectivity index (χ1v) is 36.0. The molecule has 0 rings (SSSR count). The Morgan fingerprint density at radius 3 is 0.700 bits per heavy atom. The van der Waals surface area contributed by atoms with Crippen LogP contribution in [0.2, 0.25) is 0 Å². The largest absolute Gasteiger partial charge is 0.462 e. The molecule has 0 heterocycles. The van der Waals surface area contributed by atoms with E-state index in [0.717, 1.165) is 70.6 Å². The fourth-order valence-electron chi connectivity index (χ4n) is 10.9. The highest BCUT2D eigenvalue weighted by Gasteiger charge is 2.19. The van der Waals surface area contributed by atoms with Gasteiger partial charge >= 0.3 is 17.9 Å². The molecule has 80 heavy (non-hydrogen) atoms. The SMILES string of the molecule is CCCCCCC/C=C\C/C=C\CCCCCCCCCCCCCCCCCC(=O)OCC(COC(=O)CCCCCCC/C=C\CCCCCCCCC)OC(=O)CCCCCCCCCCCCCCCCCCCCC. The molecule has 1 unspecified atom stereocenters. The van der Waals surface area contributed by atoms with E-state index in [-0.39, 0.29) is 31.1 Å². The summed E-state index contributed by atoms with van der Waals surface area (Å²) in [6.07, 6.45) is 86.0. The van der Waals surface area contributed by atoms with Crippen LogP contribution in [0.3, 0.4) is 0 Å². The van der Waals surface area contributed by atoms with Crippen molar-refractivity contribution < 1.29 is 28.6 Å². The minimum atomic E-state index is -0.774. The van der Waals surface area contributed by atoms with Crippen molar-refractivity contribution >= 4 is 17.9 Å². The number of allylic oxidation sites excluding steroid dienone is 6. The number of rotatable bonds is 67. The van der Waals surface area contributed by atoms with Crippen molar-refractivity contribution in [1.29, 1.82) is 0 Å². The molecule has 0 fully saturated rings. The molecule has 0 saturated heterocycles. The van der Waals surface area contributed by atoms with Crippen LogP contribution in [0.15, 0.2) is 36.5 Å². The van der Waals surface area contributed by atoms with Gasteiger partial charge in [0.1, 0.15) is 13.2 Å². The number of ether oxygens (including phenoxy) is 3. The van der Waals surface area contributed by atoms with Crippen molar-refractivity contribution in [2.24, 2.45) is 0 Å². The summed E-state index contributed by atoms with van der Waals surface area (Å²) in [7, 11) is 0. The highest BCUT2D eigenvalue weighted by atomic mass is 16.6. The van der Waals surface area contributed by atoms with Crippen LogP contribution >= 0.6 is 0 Å². The number of carbonyl (C=O) groups excluding carboxylic acids is 3. The van der Waals surface area contributed by atoms with E-state index in [1.165, 1.54) is 289 Å². The Morgan fingerprint density at radius 2 is 0.450 bits per heavy atom. The molecule has 0 aliphatic rings. The van der Waals surface area contributed by atoms with E-state index in [1.807, 2.05) is 0 Å². The molecule has 0 amide bonds. The van der Waals surface area contributed by atoms with Crippen molar-refractivity contribution in [3.05, 3.63) is 36.5 Å². The van der Waals surface area contributed by atoms with Gasteiger partial charge in [-0.05, 0) is 77.0 Å². The van der Waals surface area contributed by atoms with E-state index < -0.39 is 6.10 Å². The molecular formula is C74H138O6. The minimum absolute atomic E-state index is 0.0693. The van der Waals surface area contributed by atoms with Gasteiger partial charge in [-0.15, -0.1) is 0 Å². The topological polar surface area (TPSA) is 78.9 Å². The molecule has 0 spiro atoms. The van der Waals surface area contributed by atoms with Crippen LogP contribution in [0, 0.1) is 0 Å². The summed E-state index contributed by atoms with van der Waals surface area (Å²) in [5, 5.41) is 0. The summed E-state index contributed by atoms with van der Waals surface area (Å²) >= 11 is 0. The molecule has 0 radical (unpaired) electrons. The van der Waals surface area contributed by atoms with Gasteiger partial charge in [0.15, 0.2) is 6.10 Å². The quantitative estimate of drug-likeness (QED) is 0.0261. The third-order valence-corrected chi connectivity index (χ3v) is 16.4. The van der Waals surface area contributed by atoms with E-state index in [1.54, 1.807) is 0 Å². The molecule has 6 heteroatoms. The van der Waals surface area contributed by atoms with Crippen molar-refractivity contribution in [2.45, 2.75) is 406 Å².